The van der Waals surface area contributed by atoms with Crippen molar-refractivity contribution in [2.24, 2.45) is 0 Å². The number of aliphatic hydroxyl groups is 1. The third-order valence-corrected chi connectivity index (χ3v) is 4.76. The van der Waals surface area contributed by atoms with Crippen molar-refractivity contribution in [2.75, 3.05) is 39.1 Å². The molecule has 6 nitrogen and oxygen atoms in total. The second-order valence-corrected chi connectivity index (χ2v) is 6.05. The maximum Gasteiger partial charge on any atom is 0.243 e. The summed E-state index contributed by atoms with van der Waals surface area (Å²) in [5.41, 5.74) is 6.65. The molecule has 1 aromatic rings. The van der Waals surface area contributed by atoms with Crippen molar-refractivity contribution in [3.63, 3.8) is 0 Å². The van der Waals surface area contributed by atoms with E-state index >= 15 is 0 Å². The molecule has 0 aliphatic carbocycles. The summed E-state index contributed by atoms with van der Waals surface area (Å²) in [7, 11) is -2.18. The van der Waals surface area contributed by atoms with Gasteiger partial charge < -0.3 is 15.6 Å². The molecule has 0 aliphatic heterocycles. The van der Waals surface area contributed by atoms with Crippen LogP contribution in [0.3, 0.4) is 0 Å². The largest absolute Gasteiger partial charge is 0.399 e. The van der Waals surface area contributed by atoms with Gasteiger partial charge in [-0.05, 0) is 24.6 Å². The molecule has 0 unspecified atom stereocenters. The monoisotopic (exact) mass is 288 g/mol. The number of ether oxygens (including phenoxy) is 1. The van der Waals surface area contributed by atoms with Gasteiger partial charge in [0.05, 0.1) is 18.1 Å². The molecular weight excluding hydrogens is 268 g/mol. The van der Waals surface area contributed by atoms with Gasteiger partial charge in [0.15, 0.2) is 0 Å². The van der Waals surface area contributed by atoms with Gasteiger partial charge in [0.1, 0.15) is 0 Å². The Morgan fingerprint density at radius 2 is 2.05 bits per heavy atom. The van der Waals surface area contributed by atoms with Crippen LogP contribution in [-0.2, 0) is 14.8 Å². The third kappa shape index (κ3) is 3.90. The molecule has 0 aliphatic rings. The highest BCUT2D eigenvalue weighted by atomic mass is 32.2. The van der Waals surface area contributed by atoms with Gasteiger partial charge in [-0.25, -0.2) is 8.42 Å². The number of hydrogen-bond donors (Lipinski definition) is 2. The summed E-state index contributed by atoms with van der Waals surface area (Å²) >= 11 is 0. The summed E-state index contributed by atoms with van der Waals surface area (Å²) in [6, 6.07) is 4.75. The average molecular weight is 288 g/mol. The van der Waals surface area contributed by atoms with Crippen LogP contribution in [0.5, 0.6) is 0 Å². The molecule has 0 aromatic heterocycles. The van der Waals surface area contributed by atoms with Crippen molar-refractivity contribution in [2.45, 2.75) is 11.8 Å². The highest BCUT2D eigenvalue weighted by molar-refractivity contribution is 7.89. The minimum atomic E-state index is -3.68. The van der Waals surface area contributed by atoms with Crippen LogP contribution >= 0.6 is 0 Å². The van der Waals surface area contributed by atoms with Crippen LogP contribution in [0, 0.1) is 6.92 Å². The molecule has 3 N–H and O–H groups in total. The Balaban J connectivity index is 3.14. The lowest BCUT2D eigenvalue weighted by Gasteiger charge is -2.22. The van der Waals surface area contributed by atoms with Gasteiger partial charge in [-0.2, -0.15) is 4.31 Å². The summed E-state index contributed by atoms with van der Waals surface area (Å²) in [6.45, 7) is 1.94. The van der Waals surface area contributed by atoms with Crippen molar-refractivity contribution in [3.8, 4) is 0 Å². The number of benzene rings is 1. The first-order chi connectivity index (χ1) is 8.93. The van der Waals surface area contributed by atoms with E-state index in [9.17, 15) is 8.42 Å². The first kappa shape index (κ1) is 15.9. The molecule has 0 saturated heterocycles. The summed E-state index contributed by atoms with van der Waals surface area (Å²) < 4.78 is 31.1. The molecule has 7 heteroatoms. The second kappa shape index (κ2) is 6.85. The molecule has 0 amide bonds. The lowest BCUT2D eigenvalue weighted by Crippen LogP contribution is -2.36. The van der Waals surface area contributed by atoms with Crippen molar-refractivity contribution in [1.82, 2.24) is 4.31 Å². The Morgan fingerprint density at radius 1 is 1.37 bits per heavy atom. The fraction of sp³-hybridized carbons (Fsp3) is 0.500. The van der Waals surface area contributed by atoms with E-state index in [0.29, 0.717) is 11.3 Å². The van der Waals surface area contributed by atoms with Crippen molar-refractivity contribution in [1.29, 1.82) is 0 Å². The minimum absolute atomic E-state index is 0.0277. The first-order valence-electron chi connectivity index (χ1n) is 5.89. The number of rotatable bonds is 7. The molecule has 1 rings (SSSR count). The second-order valence-electron chi connectivity index (χ2n) is 4.15. The Hall–Kier alpha value is -1.15. The highest BCUT2D eigenvalue weighted by Crippen LogP contribution is 2.22. The van der Waals surface area contributed by atoms with Crippen LogP contribution in [0.4, 0.5) is 5.69 Å². The average Bonchev–Trinajstić information content (AvgIpc) is 2.37. The molecule has 0 saturated carbocycles. The van der Waals surface area contributed by atoms with E-state index < -0.39 is 10.0 Å². The SMILES string of the molecule is COCCN(CCO)S(=O)(=O)c1cc(N)ccc1C. The summed E-state index contributed by atoms with van der Waals surface area (Å²) in [6.07, 6.45) is 0. The van der Waals surface area contributed by atoms with Crippen LogP contribution < -0.4 is 5.73 Å². The van der Waals surface area contributed by atoms with E-state index in [2.05, 4.69) is 0 Å². The fourth-order valence-corrected chi connectivity index (χ4v) is 3.37. The van der Waals surface area contributed by atoms with Gasteiger partial charge in [-0.3, -0.25) is 0 Å². The van der Waals surface area contributed by atoms with Gasteiger partial charge >= 0.3 is 0 Å². The number of hydrogen-bond acceptors (Lipinski definition) is 5. The highest BCUT2D eigenvalue weighted by Gasteiger charge is 2.25. The Labute approximate surface area is 113 Å². The van der Waals surface area contributed by atoms with E-state index in [-0.39, 0.29) is 31.2 Å². The third-order valence-electron chi connectivity index (χ3n) is 2.72. The Morgan fingerprint density at radius 3 is 2.63 bits per heavy atom. The molecule has 0 heterocycles. The molecule has 0 spiro atoms. The summed E-state index contributed by atoms with van der Waals surface area (Å²) in [4.78, 5) is 0.164. The molecule has 0 fully saturated rings. The minimum Gasteiger partial charge on any atom is -0.399 e. The zero-order valence-corrected chi connectivity index (χ0v) is 12.0. The standard InChI is InChI=1S/C12H20N2O4S/c1-10-3-4-11(13)9-12(10)19(16,17)14(5-7-15)6-8-18-2/h3-4,9,15H,5-8,13H2,1-2H3. The Bertz CT molecular complexity index is 516. The van der Waals surface area contributed by atoms with E-state index in [0.717, 1.165) is 0 Å². The first-order valence-corrected chi connectivity index (χ1v) is 7.33. The number of nitrogens with zero attached hydrogens (tertiary/aromatic N) is 1. The van der Waals surface area contributed by atoms with Crippen molar-refractivity contribution in [3.05, 3.63) is 23.8 Å². The van der Waals surface area contributed by atoms with Gasteiger partial charge in [-0.1, -0.05) is 6.07 Å². The number of nitrogens with two attached hydrogens (primary N) is 1. The number of methoxy groups -OCH3 is 1. The molecule has 1 aromatic carbocycles. The molecule has 19 heavy (non-hydrogen) atoms. The fourth-order valence-electron chi connectivity index (χ4n) is 1.69. The maximum absolute atomic E-state index is 12.5. The lowest BCUT2D eigenvalue weighted by atomic mass is 10.2. The van der Waals surface area contributed by atoms with Gasteiger partial charge in [0, 0.05) is 25.9 Å². The zero-order chi connectivity index (χ0) is 14.5. The van der Waals surface area contributed by atoms with Gasteiger partial charge in [0.25, 0.3) is 0 Å². The topological polar surface area (TPSA) is 92.9 Å². The summed E-state index contributed by atoms with van der Waals surface area (Å²) in [5, 5.41) is 9.00. The quantitative estimate of drug-likeness (QED) is 0.700. The maximum atomic E-state index is 12.5. The van der Waals surface area contributed by atoms with Crippen molar-refractivity contribution >= 4 is 15.7 Å². The van der Waals surface area contributed by atoms with Crippen LogP contribution in [0.2, 0.25) is 0 Å². The zero-order valence-electron chi connectivity index (χ0n) is 11.2. The molecule has 0 radical (unpaired) electrons. The number of nitrogen functional groups attached to an aromatic ring is 1. The van der Waals surface area contributed by atoms with Crippen LogP contribution in [-0.4, -0.2) is 51.2 Å². The summed E-state index contributed by atoms with van der Waals surface area (Å²) in [5.74, 6) is 0. The number of aliphatic hydroxyl groups excluding tert-OH is 1. The van der Waals surface area contributed by atoms with Crippen LogP contribution in [0.25, 0.3) is 0 Å². The Kier molecular flexibility index (Phi) is 5.74. The number of sulfonamides is 1. The van der Waals surface area contributed by atoms with Gasteiger partial charge in [-0.15, -0.1) is 0 Å². The molecule has 0 atom stereocenters. The smallest absolute Gasteiger partial charge is 0.243 e. The number of aryl methyl sites for hydroxylation is 1. The van der Waals surface area contributed by atoms with E-state index in [1.807, 2.05) is 0 Å². The predicted molar refractivity (Wildman–Crippen MR) is 73.3 cm³/mol. The lowest BCUT2D eigenvalue weighted by molar-refractivity contribution is 0.168. The normalized spacial score (nSPS) is 12.0. The van der Waals surface area contributed by atoms with E-state index in [4.69, 9.17) is 15.6 Å². The molecule has 0 bridgehead atoms. The number of anilines is 1. The van der Waals surface area contributed by atoms with E-state index in [1.54, 1.807) is 19.1 Å². The molecule has 108 valence electrons. The molecular formula is C12H20N2O4S. The van der Waals surface area contributed by atoms with Crippen LogP contribution in [0.15, 0.2) is 23.1 Å². The van der Waals surface area contributed by atoms with Crippen LogP contribution in [0.1, 0.15) is 5.56 Å². The van der Waals surface area contributed by atoms with Crippen molar-refractivity contribution < 1.29 is 18.3 Å². The van der Waals surface area contributed by atoms with Gasteiger partial charge in [0.2, 0.25) is 10.0 Å². The van der Waals surface area contributed by atoms with E-state index in [1.165, 1.54) is 17.5 Å². The predicted octanol–water partition coefficient (Wildman–Crippen LogP) is 0.207.